The summed E-state index contributed by atoms with van der Waals surface area (Å²) in [6.45, 7) is 2.22. The van der Waals surface area contributed by atoms with Crippen LogP contribution in [0, 0.1) is 5.92 Å². The zero-order valence-corrected chi connectivity index (χ0v) is 22.0. The Hall–Kier alpha value is -1.76. The van der Waals surface area contributed by atoms with Crippen molar-refractivity contribution in [2.24, 2.45) is 10.9 Å². The van der Waals surface area contributed by atoms with Gasteiger partial charge < -0.3 is 9.30 Å². The van der Waals surface area contributed by atoms with E-state index in [0.717, 1.165) is 0 Å². The Morgan fingerprint density at radius 1 is 1.18 bits per heavy atom. The lowest BCUT2D eigenvalue weighted by Crippen LogP contribution is -2.40. The van der Waals surface area contributed by atoms with Crippen LogP contribution in [0.3, 0.4) is 0 Å². The van der Waals surface area contributed by atoms with Crippen LogP contribution in [-0.4, -0.2) is 48.9 Å². The van der Waals surface area contributed by atoms with Gasteiger partial charge in [-0.05, 0) is 43.3 Å². The van der Waals surface area contributed by atoms with Crippen molar-refractivity contribution in [3.05, 3.63) is 44.5 Å². The molecule has 1 saturated heterocycles. The quantitative estimate of drug-likeness (QED) is 0.421. The number of carbonyl (C=O) groups is 2. The lowest BCUT2D eigenvalue weighted by molar-refractivity contribution is -0.143. The molecule has 0 N–H and O–H groups in total. The standard InChI is InChI=1S/C21H21Cl2N3O5S3/c1-2-31-16(27)12-26-18-14(22)5-6-15(23)19(18)33-21(26)24-20(28)13-7-9-25(10-8-13)34(29,30)17-4-3-11-32-17/h3-6,11,13H,2,7-10,12H2,1H3. The van der Waals surface area contributed by atoms with Crippen molar-refractivity contribution in [3.8, 4) is 0 Å². The Kier molecular flexibility index (Phi) is 7.80. The molecule has 0 unspecified atom stereocenters. The van der Waals surface area contributed by atoms with Gasteiger partial charge in [0, 0.05) is 19.0 Å². The first-order valence-electron chi connectivity index (χ1n) is 10.5. The number of rotatable bonds is 6. The van der Waals surface area contributed by atoms with Crippen LogP contribution in [0.1, 0.15) is 19.8 Å². The number of piperidine rings is 1. The highest BCUT2D eigenvalue weighted by molar-refractivity contribution is 7.91. The van der Waals surface area contributed by atoms with Gasteiger partial charge in [0.1, 0.15) is 10.8 Å². The highest BCUT2D eigenvalue weighted by atomic mass is 35.5. The number of halogens is 2. The van der Waals surface area contributed by atoms with Gasteiger partial charge in [0.05, 0.1) is 26.9 Å². The molecular formula is C21H21Cl2N3O5S3. The van der Waals surface area contributed by atoms with E-state index >= 15 is 0 Å². The van der Waals surface area contributed by atoms with Gasteiger partial charge in [-0.3, -0.25) is 9.59 Å². The lowest BCUT2D eigenvalue weighted by Gasteiger charge is -2.29. The third-order valence-electron chi connectivity index (χ3n) is 5.42. The molecule has 2 aromatic heterocycles. The number of benzene rings is 1. The molecule has 0 atom stereocenters. The molecule has 8 nitrogen and oxygen atoms in total. The third-order valence-corrected chi connectivity index (χ3v) is 10.5. The van der Waals surface area contributed by atoms with E-state index in [1.54, 1.807) is 41.1 Å². The maximum Gasteiger partial charge on any atom is 0.326 e. The lowest BCUT2D eigenvalue weighted by atomic mass is 9.98. The third kappa shape index (κ3) is 5.09. The van der Waals surface area contributed by atoms with Crippen LogP contribution in [0.25, 0.3) is 10.2 Å². The summed E-state index contributed by atoms with van der Waals surface area (Å²) < 4.78 is 34.4. The number of hydrogen-bond acceptors (Lipinski definition) is 7. The average Bonchev–Trinajstić information content (AvgIpc) is 3.47. The van der Waals surface area contributed by atoms with Crippen LogP contribution in [0.4, 0.5) is 0 Å². The van der Waals surface area contributed by atoms with Gasteiger partial charge in [-0.2, -0.15) is 9.30 Å². The number of fused-ring (bicyclic) bond motifs is 1. The molecule has 0 spiro atoms. The van der Waals surface area contributed by atoms with E-state index in [2.05, 4.69) is 4.99 Å². The molecule has 34 heavy (non-hydrogen) atoms. The van der Waals surface area contributed by atoms with Gasteiger partial charge in [-0.25, -0.2) is 8.42 Å². The molecule has 4 rings (SSSR count). The predicted octanol–water partition coefficient (Wildman–Crippen LogP) is 4.16. The minimum absolute atomic E-state index is 0.169. The largest absolute Gasteiger partial charge is 0.465 e. The molecular weight excluding hydrogens is 541 g/mol. The SMILES string of the molecule is CCOC(=O)Cn1c(=NC(=O)C2CCN(S(=O)(=O)c3cccs3)CC2)sc2c(Cl)ccc(Cl)c21. The van der Waals surface area contributed by atoms with Crippen molar-refractivity contribution in [1.82, 2.24) is 8.87 Å². The number of thiazole rings is 1. The van der Waals surface area contributed by atoms with Gasteiger partial charge in [-0.1, -0.05) is 40.6 Å². The average molecular weight is 563 g/mol. The molecule has 1 aliphatic rings. The number of ether oxygens (including phenoxy) is 1. The summed E-state index contributed by atoms with van der Waals surface area (Å²) in [6.07, 6.45) is 0.717. The topological polar surface area (TPSA) is 98.0 Å². The fourth-order valence-corrected chi connectivity index (χ4v) is 8.01. The van der Waals surface area contributed by atoms with E-state index in [0.29, 0.717) is 37.3 Å². The number of thiophene rings is 1. The Morgan fingerprint density at radius 3 is 2.53 bits per heavy atom. The van der Waals surface area contributed by atoms with Gasteiger partial charge in [0.2, 0.25) is 0 Å². The summed E-state index contributed by atoms with van der Waals surface area (Å²) in [6, 6.07) is 6.54. The molecule has 0 aliphatic carbocycles. The molecule has 13 heteroatoms. The van der Waals surface area contributed by atoms with Crippen molar-refractivity contribution >= 4 is 78.0 Å². The minimum Gasteiger partial charge on any atom is -0.465 e. The van der Waals surface area contributed by atoms with Crippen LogP contribution in [0.2, 0.25) is 10.0 Å². The summed E-state index contributed by atoms with van der Waals surface area (Å²) in [7, 11) is -3.55. The number of carbonyl (C=O) groups excluding carboxylic acids is 2. The number of sulfonamides is 1. The van der Waals surface area contributed by atoms with Gasteiger partial charge in [-0.15, -0.1) is 11.3 Å². The van der Waals surface area contributed by atoms with Crippen LogP contribution in [0.5, 0.6) is 0 Å². The maximum absolute atomic E-state index is 13.0. The fraction of sp³-hybridized carbons (Fsp3) is 0.381. The first kappa shape index (κ1) is 25.3. The maximum atomic E-state index is 13.0. The van der Waals surface area contributed by atoms with Crippen LogP contribution in [-0.2, 0) is 30.9 Å². The molecule has 182 valence electrons. The fourth-order valence-electron chi connectivity index (χ4n) is 3.74. The highest BCUT2D eigenvalue weighted by Gasteiger charge is 2.32. The van der Waals surface area contributed by atoms with E-state index < -0.39 is 21.9 Å². The molecule has 3 aromatic rings. The van der Waals surface area contributed by atoms with Crippen LogP contribution in [0.15, 0.2) is 38.8 Å². The second-order valence-corrected chi connectivity index (χ2v) is 12.4. The Morgan fingerprint density at radius 2 is 1.88 bits per heavy atom. The zero-order chi connectivity index (χ0) is 24.5. The number of nitrogens with zero attached hydrogens (tertiary/aromatic N) is 3. The van der Waals surface area contributed by atoms with Crippen LogP contribution >= 0.6 is 45.9 Å². The minimum atomic E-state index is -3.55. The second-order valence-electron chi connectivity index (χ2n) is 7.54. The van der Waals surface area contributed by atoms with Crippen molar-refractivity contribution < 1.29 is 22.7 Å². The number of esters is 1. The Balaban J connectivity index is 1.60. The Labute approximate surface area is 214 Å². The molecule has 1 fully saturated rings. The summed E-state index contributed by atoms with van der Waals surface area (Å²) in [5.74, 6) is -1.29. The molecule has 1 aliphatic heterocycles. The predicted molar refractivity (Wildman–Crippen MR) is 133 cm³/mol. The summed E-state index contributed by atoms with van der Waals surface area (Å²) >= 11 is 15.1. The normalized spacial score (nSPS) is 16.3. The van der Waals surface area contributed by atoms with Crippen molar-refractivity contribution in [2.45, 2.75) is 30.5 Å². The molecule has 0 bridgehead atoms. The van der Waals surface area contributed by atoms with Crippen LogP contribution < -0.4 is 4.80 Å². The van der Waals surface area contributed by atoms with Crippen molar-refractivity contribution in [1.29, 1.82) is 0 Å². The number of aromatic nitrogens is 1. The van der Waals surface area contributed by atoms with Gasteiger partial charge in [0.15, 0.2) is 4.80 Å². The van der Waals surface area contributed by atoms with E-state index in [9.17, 15) is 18.0 Å². The summed E-state index contributed by atoms with van der Waals surface area (Å²) in [4.78, 5) is 29.8. The zero-order valence-electron chi connectivity index (χ0n) is 18.1. The number of hydrogen-bond donors (Lipinski definition) is 0. The van der Waals surface area contributed by atoms with Crippen molar-refractivity contribution in [2.75, 3.05) is 19.7 Å². The smallest absolute Gasteiger partial charge is 0.326 e. The highest BCUT2D eigenvalue weighted by Crippen LogP contribution is 2.32. The summed E-state index contributed by atoms with van der Waals surface area (Å²) in [5.41, 5.74) is 0.510. The Bertz CT molecular complexity index is 1390. The van der Waals surface area contributed by atoms with E-state index in [1.165, 1.54) is 27.0 Å². The van der Waals surface area contributed by atoms with Gasteiger partial charge >= 0.3 is 5.97 Å². The molecule has 1 aromatic carbocycles. The van der Waals surface area contributed by atoms with Gasteiger partial charge in [0.25, 0.3) is 15.9 Å². The van der Waals surface area contributed by atoms with E-state index in [-0.39, 0.29) is 36.9 Å². The number of amides is 1. The monoisotopic (exact) mass is 561 g/mol. The second kappa shape index (κ2) is 10.5. The first-order chi connectivity index (χ1) is 16.2. The summed E-state index contributed by atoms with van der Waals surface area (Å²) in [5, 5.41) is 2.53. The van der Waals surface area contributed by atoms with E-state index in [1.807, 2.05) is 0 Å². The first-order valence-corrected chi connectivity index (χ1v) is 14.4. The molecule has 3 heterocycles. The molecule has 1 amide bonds. The van der Waals surface area contributed by atoms with E-state index in [4.69, 9.17) is 27.9 Å². The molecule has 0 saturated carbocycles. The van der Waals surface area contributed by atoms with Crippen molar-refractivity contribution in [3.63, 3.8) is 0 Å². The molecule has 0 radical (unpaired) electrons.